The highest BCUT2D eigenvalue weighted by molar-refractivity contribution is 7.89. The van der Waals surface area contributed by atoms with Gasteiger partial charge in [-0.25, -0.2) is 26.3 Å². The summed E-state index contributed by atoms with van der Waals surface area (Å²) < 4.78 is 55.2. The Balaban J connectivity index is 1.71. The summed E-state index contributed by atoms with van der Waals surface area (Å²) in [5.41, 5.74) is 1.23. The summed E-state index contributed by atoms with van der Waals surface area (Å²) in [5, 5.41) is 0.571. The zero-order valence-corrected chi connectivity index (χ0v) is 20.8. The van der Waals surface area contributed by atoms with E-state index in [4.69, 9.17) is 46.4 Å². The standard InChI is InChI=1S/C20H16Cl4N2O4S2/c21-15-4-6-17(23)19(9-15)31(27,28)25-11-13-2-1-3-14(8-13)12-26-32(29,30)20-10-16(22)5-7-18(20)24/h1-10,25-26H,11-12H2. The maximum absolute atomic E-state index is 12.6. The molecule has 3 aromatic carbocycles. The molecule has 170 valence electrons. The molecule has 0 saturated heterocycles. The van der Waals surface area contributed by atoms with E-state index in [1.807, 2.05) is 0 Å². The van der Waals surface area contributed by atoms with Crippen molar-refractivity contribution in [3.8, 4) is 0 Å². The van der Waals surface area contributed by atoms with E-state index >= 15 is 0 Å². The topological polar surface area (TPSA) is 92.3 Å². The summed E-state index contributed by atoms with van der Waals surface area (Å²) in [6.45, 7) is -0.0717. The second kappa shape index (κ2) is 10.3. The molecule has 0 aromatic heterocycles. The molecule has 2 N–H and O–H groups in total. The van der Waals surface area contributed by atoms with Crippen LogP contribution in [0.5, 0.6) is 0 Å². The van der Waals surface area contributed by atoms with Crippen LogP contribution in [-0.2, 0) is 33.1 Å². The van der Waals surface area contributed by atoms with Gasteiger partial charge in [0.15, 0.2) is 0 Å². The molecule has 0 radical (unpaired) electrons. The number of nitrogens with one attached hydrogen (secondary N) is 2. The van der Waals surface area contributed by atoms with Gasteiger partial charge in [-0.1, -0.05) is 70.7 Å². The molecule has 0 heterocycles. The molecule has 0 amide bonds. The third kappa shape index (κ3) is 6.36. The van der Waals surface area contributed by atoms with Gasteiger partial charge in [0.2, 0.25) is 20.0 Å². The van der Waals surface area contributed by atoms with E-state index in [0.717, 1.165) is 0 Å². The molecule has 0 bridgehead atoms. The summed E-state index contributed by atoms with van der Waals surface area (Å²) in [6.07, 6.45) is 0. The van der Waals surface area contributed by atoms with E-state index in [0.29, 0.717) is 11.1 Å². The zero-order valence-electron chi connectivity index (χ0n) is 16.1. The summed E-state index contributed by atoms with van der Waals surface area (Å²) >= 11 is 23.7. The van der Waals surface area contributed by atoms with Crippen molar-refractivity contribution in [2.24, 2.45) is 0 Å². The molecule has 0 atom stereocenters. The predicted octanol–water partition coefficient (Wildman–Crippen LogP) is 5.26. The lowest BCUT2D eigenvalue weighted by Crippen LogP contribution is -2.24. The Labute approximate surface area is 206 Å². The summed E-state index contributed by atoms with van der Waals surface area (Å²) in [4.78, 5) is -0.261. The smallest absolute Gasteiger partial charge is 0.207 e. The highest BCUT2D eigenvalue weighted by atomic mass is 35.5. The van der Waals surface area contributed by atoms with Crippen molar-refractivity contribution in [3.63, 3.8) is 0 Å². The first-order valence-corrected chi connectivity index (χ1v) is 13.4. The number of benzene rings is 3. The third-order valence-electron chi connectivity index (χ3n) is 4.29. The first-order chi connectivity index (χ1) is 15.0. The predicted molar refractivity (Wildman–Crippen MR) is 127 cm³/mol. The first-order valence-electron chi connectivity index (χ1n) is 8.95. The van der Waals surface area contributed by atoms with Gasteiger partial charge in [-0.05, 0) is 47.5 Å². The molecular weight excluding hydrogens is 538 g/mol. The SMILES string of the molecule is O=S(=O)(NCc1cccc(CNS(=O)(=O)c2cc(Cl)ccc2Cl)c1)c1cc(Cl)ccc1Cl. The van der Waals surface area contributed by atoms with E-state index in [1.54, 1.807) is 24.3 Å². The molecule has 0 aliphatic rings. The van der Waals surface area contributed by atoms with Crippen molar-refractivity contribution in [2.45, 2.75) is 22.9 Å². The Hall–Kier alpha value is -1.36. The fourth-order valence-electron chi connectivity index (χ4n) is 2.73. The van der Waals surface area contributed by atoms with Gasteiger partial charge >= 0.3 is 0 Å². The average molecular weight is 554 g/mol. The molecule has 6 nitrogen and oxygen atoms in total. The number of hydrogen-bond donors (Lipinski definition) is 2. The van der Waals surface area contributed by atoms with Crippen molar-refractivity contribution in [2.75, 3.05) is 0 Å². The Morgan fingerprint density at radius 1 is 0.594 bits per heavy atom. The number of hydrogen-bond acceptors (Lipinski definition) is 4. The van der Waals surface area contributed by atoms with Crippen molar-refractivity contribution in [1.29, 1.82) is 0 Å². The molecular formula is C20H16Cl4N2O4S2. The molecule has 0 unspecified atom stereocenters. The van der Waals surface area contributed by atoms with Crippen LogP contribution in [0.25, 0.3) is 0 Å². The molecule has 3 aromatic rings. The molecule has 0 spiro atoms. The van der Waals surface area contributed by atoms with E-state index in [-0.39, 0.29) is 43.0 Å². The van der Waals surface area contributed by atoms with E-state index in [2.05, 4.69) is 9.44 Å². The van der Waals surface area contributed by atoms with Gasteiger partial charge in [0.05, 0.1) is 10.0 Å². The second-order valence-electron chi connectivity index (χ2n) is 6.62. The molecule has 12 heteroatoms. The third-order valence-corrected chi connectivity index (χ3v) is 8.53. The van der Waals surface area contributed by atoms with Gasteiger partial charge in [-0.2, -0.15) is 0 Å². The summed E-state index contributed by atoms with van der Waals surface area (Å²) in [7, 11) is -7.82. The average Bonchev–Trinajstić information content (AvgIpc) is 2.74. The number of halogens is 4. The van der Waals surface area contributed by atoms with Crippen molar-refractivity contribution < 1.29 is 16.8 Å². The van der Waals surface area contributed by atoms with E-state index in [1.165, 1.54) is 36.4 Å². The molecule has 0 saturated carbocycles. The Bertz CT molecular complexity index is 1260. The monoisotopic (exact) mass is 552 g/mol. The van der Waals surface area contributed by atoms with Crippen LogP contribution >= 0.6 is 46.4 Å². The van der Waals surface area contributed by atoms with Gasteiger partial charge in [-0.15, -0.1) is 0 Å². The summed E-state index contributed by atoms with van der Waals surface area (Å²) in [6, 6.07) is 15.1. The van der Waals surface area contributed by atoms with E-state index < -0.39 is 20.0 Å². The summed E-state index contributed by atoms with van der Waals surface area (Å²) in [5.74, 6) is 0. The molecule has 3 rings (SSSR count). The van der Waals surface area contributed by atoms with Crippen LogP contribution in [-0.4, -0.2) is 16.8 Å². The first kappa shape index (κ1) is 25.3. The van der Waals surface area contributed by atoms with Crippen molar-refractivity contribution in [3.05, 3.63) is 91.9 Å². The van der Waals surface area contributed by atoms with Gasteiger partial charge in [0.1, 0.15) is 9.79 Å². The number of rotatable bonds is 8. The van der Waals surface area contributed by atoms with Gasteiger partial charge < -0.3 is 0 Å². The molecule has 0 fully saturated rings. The minimum atomic E-state index is -3.91. The lowest BCUT2D eigenvalue weighted by molar-refractivity contribution is 0.580. The van der Waals surface area contributed by atoms with Crippen molar-refractivity contribution >= 4 is 66.5 Å². The lowest BCUT2D eigenvalue weighted by Gasteiger charge is -2.11. The zero-order chi connectivity index (χ0) is 23.5. The van der Waals surface area contributed by atoms with Crippen LogP contribution in [0.3, 0.4) is 0 Å². The second-order valence-corrected chi connectivity index (χ2v) is 11.8. The largest absolute Gasteiger partial charge is 0.242 e. The highest BCUT2D eigenvalue weighted by Crippen LogP contribution is 2.26. The lowest BCUT2D eigenvalue weighted by atomic mass is 10.1. The highest BCUT2D eigenvalue weighted by Gasteiger charge is 2.19. The quantitative estimate of drug-likeness (QED) is 0.398. The normalized spacial score (nSPS) is 12.1. The van der Waals surface area contributed by atoms with Gasteiger partial charge in [0.25, 0.3) is 0 Å². The molecule has 0 aliphatic heterocycles. The van der Waals surface area contributed by atoms with Gasteiger partial charge in [0, 0.05) is 23.1 Å². The van der Waals surface area contributed by atoms with Crippen LogP contribution in [0.2, 0.25) is 20.1 Å². The maximum atomic E-state index is 12.6. The van der Waals surface area contributed by atoms with Crippen LogP contribution in [0.15, 0.2) is 70.5 Å². The minimum Gasteiger partial charge on any atom is -0.207 e. The maximum Gasteiger partial charge on any atom is 0.242 e. The Morgan fingerprint density at radius 2 is 1.00 bits per heavy atom. The van der Waals surface area contributed by atoms with Gasteiger partial charge in [-0.3, -0.25) is 0 Å². The van der Waals surface area contributed by atoms with Crippen LogP contribution in [0.1, 0.15) is 11.1 Å². The minimum absolute atomic E-state index is 0.0358. The molecule has 32 heavy (non-hydrogen) atoms. The van der Waals surface area contributed by atoms with E-state index in [9.17, 15) is 16.8 Å². The fraction of sp³-hybridized carbons (Fsp3) is 0.100. The van der Waals surface area contributed by atoms with Crippen LogP contribution < -0.4 is 9.44 Å². The number of sulfonamides is 2. The molecule has 0 aliphatic carbocycles. The fourth-order valence-corrected chi connectivity index (χ4v) is 6.28. The van der Waals surface area contributed by atoms with Crippen LogP contribution in [0.4, 0.5) is 0 Å². The van der Waals surface area contributed by atoms with Crippen LogP contribution in [0, 0.1) is 0 Å². The van der Waals surface area contributed by atoms with Crippen molar-refractivity contribution in [1.82, 2.24) is 9.44 Å². The Kier molecular flexibility index (Phi) is 8.11. The Morgan fingerprint density at radius 3 is 1.41 bits per heavy atom.